The second-order valence-corrected chi connectivity index (χ2v) is 6.12. The van der Waals surface area contributed by atoms with Gasteiger partial charge in [-0.25, -0.2) is 0 Å². The van der Waals surface area contributed by atoms with Gasteiger partial charge in [0, 0.05) is 25.8 Å². The number of amides is 1. The number of nitrogens with zero attached hydrogens (tertiary/aromatic N) is 2. The number of hydrogen-bond donors (Lipinski definition) is 1. The highest BCUT2D eigenvalue weighted by molar-refractivity contribution is 5.97. The molecule has 6 nitrogen and oxygen atoms in total. The van der Waals surface area contributed by atoms with Crippen molar-refractivity contribution in [1.82, 2.24) is 10.2 Å². The van der Waals surface area contributed by atoms with Crippen LogP contribution in [0.1, 0.15) is 19.8 Å². The van der Waals surface area contributed by atoms with Crippen molar-refractivity contribution in [3.05, 3.63) is 36.0 Å². The SMILES string of the molecule is COc1ccc(OCCN/C=C(/C#N)C(=O)N2CCC(C)CC2)cc1. The maximum atomic E-state index is 12.3. The lowest BCUT2D eigenvalue weighted by Crippen LogP contribution is -2.38. The number of nitrogens with one attached hydrogen (secondary N) is 1. The fourth-order valence-electron chi connectivity index (χ4n) is 2.60. The predicted octanol–water partition coefficient (Wildman–Crippen LogP) is 2.33. The van der Waals surface area contributed by atoms with Crippen LogP contribution in [-0.2, 0) is 4.79 Å². The number of carbonyl (C=O) groups is 1. The van der Waals surface area contributed by atoms with E-state index in [1.807, 2.05) is 30.3 Å². The molecular weight excluding hydrogens is 318 g/mol. The quantitative estimate of drug-likeness (QED) is 0.467. The van der Waals surface area contributed by atoms with Gasteiger partial charge in [-0.2, -0.15) is 5.26 Å². The first-order valence-corrected chi connectivity index (χ1v) is 8.54. The Balaban J connectivity index is 1.75. The maximum Gasteiger partial charge on any atom is 0.265 e. The van der Waals surface area contributed by atoms with Crippen molar-refractivity contribution in [2.45, 2.75) is 19.8 Å². The highest BCUT2D eigenvalue weighted by atomic mass is 16.5. The minimum absolute atomic E-state index is 0.138. The van der Waals surface area contributed by atoms with Crippen LogP contribution in [0.4, 0.5) is 0 Å². The first-order valence-electron chi connectivity index (χ1n) is 8.54. The molecule has 0 radical (unpaired) electrons. The number of hydrogen-bond acceptors (Lipinski definition) is 5. The number of methoxy groups -OCH3 is 1. The minimum atomic E-state index is -0.196. The van der Waals surface area contributed by atoms with Gasteiger partial charge < -0.3 is 19.7 Å². The Morgan fingerprint density at radius 3 is 2.56 bits per heavy atom. The minimum Gasteiger partial charge on any atom is -0.497 e. The fourth-order valence-corrected chi connectivity index (χ4v) is 2.60. The summed E-state index contributed by atoms with van der Waals surface area (Å²) in [7, 11) is 1.62. The Morgan fingerprint density at radius 2 is 1.96 bits per heavy atom. The van der Waals surface area contributed by atoms with E-state index in [2.05, 4.69) is 12.2 Å². The van der Waals surface area contributed by atoms with Gasteiger partial charge in [-0.05, 0) is 43.0 Å². The van der Waals surface area contributed by atoms with Crippen LogP contribution in [-0.4, -0.2) is 44.2 Å². The van der Waals surface area contributed by atoms with Crippen LogP contribution in [0, 0.1) is 17.2 Å². The van der Waals surface area contributed by atoms with Crippen molar-refractivity contribution in [2.24, 2.45) is 5.92 Å². The van der Waals surface area contributed by atoms with Gasteiger partial charge in [0.25, 0.3) is 5.91 Å². The average Bonchev–Trinajstić information content (AvgIpc) is 2.65. The van der Waals surface area contributed by atoms with E-state index in [1.54, 1.807) is 12.0 Å². The smallest absolute Gasteiger partial charge is 0.265 e. The molecule has 25 heavy (non-hydrogen) atoms. The molecule has 1 aliphatic heterocycles. The third-order valence-corrected chi connectivity index (χ3v) is 4.24. The summed E-state index contributed by atoms with van der Waals surface area (Å²) in [5.41, 5.74) is 0.138. The lowest BCUT2D eigenvalue weighted by Gasteiger charge is -2.30. The van der Waals surface area contributed by atoms with E-state index in [4.69, 9.17) is 9.47 Å². The van der Waals surface area contributed by atoms with Crippen LogP contribution >= 0.6 is 0 Å². The molecule has 1 N–H and O–H groups in total. The number of ether oxygens (including phenoxy) is 2. The summed E-state index contributed by atoms with van der Waals surface area (Å²) in [5.74, 6) is 1.97. The zero-order chi connectivity index (χ0) is 18.1. The van der Waals surface area contributed by atoms with Crippen molar-refractivity contribution in [2.75, 3.05) is 33.4 Å². The largest absolute Gasteiger partial charge is 0.497 e. The Bertz CT molecular complexity index is 626. The topological polar surface area (TPSA) is 74.6 Å². The molecule has 1 aromatic rings. The van der Waals surface area contributed by atoms with Gasteiger partial charge in [-0.3, -0.25) is 4.79 Å². The number of piperidine rings is 1. The average molecular weight is 343 g/mol. The van der Waals surface area contributed by atoms with Crippen molar-refractivity contribution < 1.29 is 14.3 Å². The Labute approximate surface area is 149 Å². The summed E-state index contributed by atoms with van der Waals surface area (Å²) < 4.78 is 10.7. The Morgan fingerprint density at radius 1 is 1.32 bits per heavy atom. The van der Waals surface area contributed by atoms with Crippen LogP contribution in [0.3, 0.4) is 0 Å². The molecule has 0 bridgehead atoms. The number of nitriles is 1. The third kappa shape index (κ3) is 5.71. The molecule has 1 aliphatic rings. The van der Waals surface area contributed by atoms with Crippen LogP contribution in [0.2, 0.25) is 0 Å². The lowest BCUT2D eigenvalue weighted by atomic mass is 9.99. The second kappa shape index (κ2) is 9.58. The van der Waals surface area contributed by atoms with Gasteiger partial charge in [0.2, 0.25) is 0 Å². The van der Waals surface area contributed by atoms with Gasteiger partial charge in [0.15, 0.2) is 0 Å². The standard InChI is InChI=1S/C19H25N3O3/c1-15-7-10-22(11-8-15)19(23)16(13-20)14-21-9-12-25-18-5-3-17(24-2)4-6-18/h3-6,14-15,21H,7-12H2,1-2H3/b16-14-. The van der Waals surface area contributed by atoms with Gasteiger partial charge >= 0.3 is 0 Å². The molecule has 1 amide bonds. The third-order valence-electron chi connectivity index (χ3n) is 4.24. The first-order chi connectivity index (χ1) is 12.1. The summed E-state index contributed by atoms with van der Waals surface area (Å²) in [6, 6.07) is 9.30. The van der Waals surface area contributed by atoms with Crippen molar-refractivity contribution >= 4 is 5.91 Å². The number of carbonyl (C=O) groups excluding carboxylic acids is 1. The van der Waals surface area contributed by atoms with Gasteiger partial charge in [-0.1, -0.05) is 6.92 Å². The number of likely N-dealkylation sites (tertiary alicyclic amines) is 1. The van der Waals surface area contributed by atoms with Crippen molar-refractivity contribution in [3.8, 4) is 17.6 Å². The molecule has 1 saturated heterocycles. The van der Waals surface area contributed by atoms with E-state index in [0.717, 1.165) is 37.4 Å². The molecule has 0 aromatic heterocycles. The zero-order valence-corrected chi connectivity index (χ0v) is 14.8. The molecule has 6 heteroatoms. The van der Waals surface area contributed by atoms with Crippen molar-refractivity contribution in [1.29, 1.82) is 5.26 Å². The number of benzene rings is 1. The molecule has 1 heterocycles. The Kier molecular flexibility index (Phi) is 7.15. The van der Waals surface area contributed by atoms with E-state index in [1.165, 1.54) is 6.20 Å². The maximum absolute atomic E-state index is 12.3. The fraction of sp³-hybridized carbons (Fsp3) is 0.474. The van der Waals surface area contributed by atoms with E-state index in [0.29, 0.717) is 19.1 Å². The van der Waals surface area contributed by atoms with E-state index < -0.39 is 0 Å². The van der Waals surface area contributed by atoms with Crippen LogP contribution in [0.25, 0.3) is 0 Å². The lowest BCUT2D eigenvalue weighted by molar-refractivity contribution is -0.128. The summed E-state index contributed by atoms with van der Waals surface area (Å²) >= 11 is 0. The summed E-state index contributed by atoms with van der Waals surface area (Å²) in [4.78, 5) is 14.1. The van der Waals surface area contributed by atoms with Crippen molar-refractivity contribution in [3.63, 3.8) is 0 Å². The predicted molar refractivity (Wildman–Crippen MR) is 95.2 cm³/mol. The molecule has 0 aliphatic carbocycles. The molecule has 1 fully saturated rings. The van der Waals surface area contributed by atoms with Crippen LogP contribution in [0.15, 0.2) is 36.0 Å². The summed E-state index contributed by atoms with van der Waals surface area (Å²) in [6.45, 7) is 4.56. The van der Waals surface area contributed by atoms with E-state index in [-0.39, 0.29) is 11.5 Å². The van der Waals surface area contributed by atoms with E-state index >= 15 is 0 Å². The Hall–Kier alpha value is -2.68. The molecule has 134 valence electrons. The molecule has 1 aromatic carbocycles. The van der Waals surface area contributed by atoms with E-state index in [9.17, 15) is 10.1 Å². The van der Waals surface area contributed by atoms with Crippen LogP contribution in [0.5, 0.6) is 11.5 Å². The number of rotatable bonds is 7. The normalized spacial score (nSPS) is 15.4. The molecular formula is C19H25N3O3. The molecule has 2 rings (SSSR count). The molecule has 0 unspecified atom stereocenters. The summed E-state index contributed by atoms with van der Waals surface area (Å²) in [6.07, 6.45) is 3.47. The van der Waals surface area contributed by atoms with Gasteiger partial charge in [0.05, 0.1) is 7.11 Å². The van der Waals surface area contributed by atoms with Crippen LogP contribution < -0.4 is 14.8 Å². The zero-order valence-electron chi connectivity index (χ0n) is 14.8. The van der Waals surface area contributed by atoms with Gasteiger partial charge in [-0.15, -0.1) is 0 Å². The second-order valence-electron chi connectivity index (χ2n) is 6.12. The molecule has 0 saturated carbocycles. The highest BCUT2D eigenvalue weighted by Gasteiger charge is 2.22. The first kappa shape index (κ1) is 18.7. The van der Waals surface area contributed by atoms with Gasteiger partial charge in [0.1, 0.15) is 29.7 Å². The summed E-state index contributed by atoms with van der Waals surface area (Å²) in [5, 5.41) is 12.2. The monoisotopic (exact) mass is 343 g/mol. The molecule has 0 atom stereocenters. The molecule has 0 spiro atoms. The highest BCUT2D eigenvalue weighted by Crippen LogP contribution is 2.18.